The van der Waals surface area contributed by atoms with Gasteiger partial charge in [-0.2, -0.15) is 0 Å². The van der Waals surface area contributed by atoms with Gasteiger partial charge >= 0.3 is 0 Å². The largest absolute Gasteiger partial charge is 0.316 e. The molecule has 1 aliphatic carbocycles. The molecule has 0 saturated carbocycles. The first-order valence-electron chi connectivity index (χ1n) is 7.56. The maximum atomic E-state index is 3.52. The number of fused-ring (bicyclic) bond motifs is 1. The van der Waals surface area contributed by atoms with E-state index in [2.05, 4.69) is 44.4 Å². The van der Waals surface area contributed by atoms with Crippen LogP contribution in [0.2, 0.25) is 0 Å². The van der Waals surface area contributed by atoms with Crippen molar-refractivity contribution in [3.63, 3.8) is 0 Å². The van der Waals surface area contributed by atoms with Crippen molar-refractivity contribution in [3.8, 4) is 0 Å². The van der Waals surface area contributed by atoms with Gasteiger partial charge in [0.05, 0.1) is 0 Å². The molecular weight excluding hydrogens is 218 g/mol. The predicted molar refractivity (Wildman–Crippen MR) is 79.1 cm³/mol. The highest BCUT2D eigenvalue weighted by Gasteiger charge is 2.18. The Morgan fingerprint density at radius 2 is 1.83 bits per heavy atom. The summed E-state index contributed by atoms with van der Waals surface area (Å²) in [6, 6.07) is 7.78. The Hall–Kier alpha value is -0.820. The van der Waals surface area contributed by atoms with Gasteiger partial charge in [0.1, 0.15) is 0 Å². The van der Waals surface area contributed by atoms with Crippen LogP contribution in [-0.2, 0) is 19.3 Å². The molecule has 1 nitrogen and oxygen atoms in total. The van der Waals surface area contributed by atoms with Gasteiger partial charge in [-0.15, -0.1) is 0 Å². The molecule has 0 spiro atoms. The van der Waals surface area contributed by atoms with Crippen molar-refractivity contribution in [2.24, 2.45) is 5.92 Å². The summed E-state index contributed by atoms with van der Waals surface area (Å²) >= 11 is 0. The maximum Gasteiger partial charge on any atom is 0.0132 e. The monoisotopic (exact) mass is 245 g/mol. The lowest BCUT2D eigenvalue weighted by Gasteiger charge is -2.25. The second-order valence-corrected chi connectivity index (χ2v) is 5.63. The summed E-state index contributed by atoms with van der Waals surface area (Å²) in [4.78, 5) is 0. The van der Waals surface area contributed by atoms with Crippen LogP contribution in [0.5, 0.6) is 0 Å². The van der Waals surface area contributed by atoms with Gasteiger partial charge in [0.2, 0.25) is 0 Å². The van der Waals surface area contributed by atoms with Crippen LogP contribution in [0.1, 0.15) is 49.8 Å². The first kappa shape index (κ1) is 13.6. The van der Waals surface area contributed by atoms with Crippen LogP contribution >= 0.6 is 0 Å². The van der Waals surface area contributed by atoms with Gasteiger partial charge in [-0.05, 0) is 55.3 Å². The molecule has 0 saturated heterocycles. The van der Waals surface area contributed by atoms with E-state index < -0.39 is 0 Å². The minimum atomic E-state index is 0.624. The maximum absolute atomic E-state index is 3.52. The van der Waals surface area contributed by atoms with E-state index in [1.807, 2.05) is 0 Å². The number of aryl methyl sites for hydroxylation is 2. The summed E-state index contributed by atoms with van der Waals surface area (Å²) in [5, 5.41) is 3.52. The molecule has 0 fully saturated rings. The third-order valence-corrected chi connectivity index (χ3v) is 4.61. The van der Waals surface area contributed by atoms with Gasteiger partial charge in [0.15, 0.2) is 0 Å². The molecule has 100 valence electrons. The van der Waals surface area contributed by atoms with Crippen molar-refractivity contribution in [2.75, 3.05) is 7.05 Å². The Morgan fingerprint density at radius 3 is 2.50 bits per heavy atom. The zero-order valence-electron chi connectivity index (χ0n) is 12.1. The molecule has 1 unspecified atom stereocenters. The summed E-state index contributed by atoms with van der Waals surface area (Å²) in [7, 11) is 2.11. The third kappa shape index (κ3) is 2.95. The SMILES string of the molecule is CCC(CC)C(Cc1ccc2c(c1)CCC2)NC. The number of likely N-dealkylation sites (N-methyl/N-ethyl adjacent to an activating group) is 1. The van der Waals surface area contributed by atoms with Gasteiger partial charge < -0.3 is 5.32 Å². The number of benzene rings is 1. The number of rotatable bonds is 6. The van der Waals surface area contributed by atoms with Crippen LogP contribution in [-0.4, -0.2) is 13.1 Å². The van der Waals surface area contributed by atoms with E-state index in [0.717, 1.165) is 5.92 Å². The van der Waals surface area contributed by atoms with Gasteiger partial charge in [-0.1, -0.05) is 44.9 Å². The van der Waals surface area contributed by atoms with Gasteiger partial charge in [-0.3, -0.25) is 0 Å². The summed E-state index contributed by atoms with van der Waals surface area (Å²) in [6.07, 6.45) is 7.65. The fourth-order valence-electron chi connectivity index (χ4n) is 3.37. The van der Waals surface area contributed by atoms with E-state index in [1.165, 1.54) is 44.1 Å². The lowest BCUT2D eigenvalue weighted by Crippen LogP contribution is -2.35. The molecule has 18 heavy (non-hydrogen) atoms. The molecule has 0 aliphatic heterocycles. The molecule has 0 aromatic heterocycles. The number of hydrogen-bond donors (Lipinski definition) is 1. The van der Waals surface area contributed by atoms with Gasteiger partial charge in [0, 0.05) is 6.04 Å². The fourth-order valence-corrected chi connectivity index (χ4v) is 3.37. The molecule has 1 aromatic rings. The topological polar surface area (TPSA) is 12.0 Å². The first-order chi connectivity index (χ1) is 8.78. The highest BCUT2D eigenvalue weighted by molar-refractivity contribution is 5.35. The predicted octanol–water partition coefficient (Wildman–Crippen LogP) is 3.74. The van der Waals surface area contributed by atoms with Crippen molar-refractivity contribution in [2.45, 2.75) is 58.4 Å². The zero-order valence-corrected chi connectivity index (χ0v) is 12.1. The quantitative estimate of drug-likeness (QED) is 0.805. The molecule has 0 heterocycles. The van der Waals surface area contributed by atoms with E-state index in [-0.39, 0.29) is 0 Å². The molecule has 2 rings (SSSR count). The normalized spacial score (nSPS) is 16.0. The Bertz CT molecular complexity index is 379. The van der Waals surface area contributed by atoms with E-state index in [4.69, 9.17) is 0 Å². The number of nitrogens with one attached hydrogen (secondary N) is 1. The summed E-state index contributed by atoms with van der Waals surface area (Å²) in [6.45, 7) is 4.61. The molecule has 1 heteroatoms. The van der Waals surface area contributed by atoms with Crippen LogP contribution in [0.3, 0.4) is 0 Å². The minimum Gasteiger partial charge on any atom is -0.316 e. The number of hydrogen-bond acceptors (Lipinski definition) is 1. The van der Waals surface area contributed by atoms with Crippen molar-refractivity contribution < 1.29 is 0 Å². The van der Waals surface area contributed by atoms with E-state index in [0.29, 0.717) is 6.04 Å². The van der Waals surface area contributed by atoms with Crippen molar-refractivity contribution in [3.05, 3.63) is 34.9 Å². The van der Waals surface area contributed by atoms with Crippen LogP contribution < -0.4 is 5.32 Å². The first-order valence-corrected chi connectivity index (χ1v) is 7.56. The summed E-state index contributed by atoms with van der Waals surface area (Å²) in [5.41, 5.74) is 4.70. The van der Waals surface area contributed by atoms with Crippen LogP contribution in [0.15, 0.2) is 18.2 Å². The van der Waals surface area contributed by atoms with Crippen molar-refractivity contribution in [1.29, 1.82) is 0 Å². The highest BCUT2D eigenvalue weighted by Crippen LogP contribution is 2.24. The average Bonchev–Trinajstić information content (AvgIpc) is 2.86. The summed E-state index contributed by atoms with van der Waals surface area (Å²) in [5.74, 6) is 0.795. The molecule has 1 N–H and O–H groups in total. The summed E-state index contributed by atoms with van der Waals surface area (Å²) < 4.78 is 0. The van der Waals surface area contributed by atoms with Crippen LogP contribution in [0.25, 0.3) is 0 Å². The fraction of sp³-hybridized carbons (Fsp3) is 0.647. The Labute approximate surface area is 112 Å². The lowest BCUT2D eigenvalue weighted by atomic mass is 9.89. The molecule has 1 aromatic carbocycles. The molecule has 1 atom stereocenters. The Morgan fingerprint density at radius 1 is 1.11 bits per heavy atom. The smallest absolute Gasteiger partial charge is 0.0132 e. The Kier molecular flexibility index (Phi) is 4.82. The van der Waals surface area contributed by atoms with Gasteiger partial charge in [-0.25, -0.2) is 0 Å². The van der Waals surface area contributed by atoms with Crippen LogP contribution in [0, 0.1) is 5.92 Å². The average molecular weight is 245 g/mol. The van der Waals surface area contributed by atoms with Crippen LogP contribution in [0.4, 0.5) is 0 Å². The molecule has 1 aliphatic rings. The second kappa shape index (κ2) is 6.38. The second-order valence-electron chi connectivity index (χ2n) is 5.63. The molecular formula is C17H27N. The third-order valence-electron chi connectivity index (χ3n) is 4.61. The molecule has 0 bridgehead atoms. The Balaban J connectivity index is 2.07. The van der Waals surface area contributed by atoms with E-state index in [1.54, 1.807) is 11.1 Å². The zero-order chi connectivity index (χ0) is 13.0. The molecule has 0 amide bonds. The lowest BCUT2D eigenvalue weighted by molar-refractivity contribution is 0.349. The van der Waals surface area contributed by atoms with Gasteiger partial charge in [0.25, 0.3) is 0 Å². The van der Waals surface area contributed by atoms with E-state index >= 15 is 0 Å². The highest BCUT2D eigenvalue weighted by atomic mass is 14.9. The van der Waals surface area contributed by atoms with Crippen molar-refractivity contribution in [1.82, 2.24) is 5.32 Å². The standard InChI is InChI=1S/C17H27N/c1-4-14(5-2)17(18-3)12-13-9-10-15-7-6-8-16(15)11-13/h9-11,14,17-18H,4-8,12H2,1-3H3. The van der Waals surface area contributed by atoms with E-state index in [9.17, 15) is 0 Å². The molecule has 0 radical (unpaired) electrons. The minimum absolute atomic E-state index is 0.624. The van der Waals surface area contributed by atoms with Crippen molar-refractivity contribution >= 4 is 0 Å².